The monoisotopic (exact) mass is 326 g/mol. The van der Waals surface area contributed by atoms with Crippen LogP contribution in [0.2, 0.25) is 0 Å². The lowest BCUT2D eigenvalue weighted by Gasteiger charge is -2.38. The topological polar surface area (TPSA) is 115 Å². The molecule has 1 rings (SSSR count). The fourth-order valence-electron chi connectivity index (χ4n) is 1.90. The van der Waals surface area contributed by atoms with Crippen LogP contribution in [0, 0.1) is 0 Å². The smallest absolute Gasteiger partial charge is 0.353 e. The Morgan fingerprint density at radius 3 is 2.14 bits per heavy atom. The maximum atomic E-state index is 12.2. The van der Waals surface area contributed by atoms with Crippen molar-refractivity contribution in [2.24, 2.45) is 0 Å². The molecule has 0 aliphatic carbocycles. The van der Waals surface area contributed by atoms with Gasteiger partial charge in [0, 0.05) is 12.9 Å². The number of hydrogen-bond acceptors (Lipinski definition) is 8. The van der Waals surface area contributed by atoms with E-state index in [9.17, 15) is 19.9 Å². The molecule has 0 aromatic rings. The van der Waals surface area contributed by atoms with Gasteiger partial charge in [-0.25, -0.2) is 0 Å². The van der Waals surface area contributed by atoms with Crippen molar-refractivity contribution >= 4 is 7.60 Å². The summed E-state index contributed by atoms with van der Waals surface area (Å²) in [4.78, 5) is 0. The van der Waals surface area contributed by atoms with Gasteiger partial charge in [0.2, 0.25) is 0 Å². The number of aliphatic hydroxyl groups excluding tert-OH is 3. The molecule has 0 radical (unpaired) electrons. The van der Waals surface area contributed by atoms with E-state index in [2.05, 4.69) is 0 Å². The van der Waals surface area contributed by atoms with Crippen molar-refractivity contribution in [3.8, 4) is 0 Å². The largest absolute Gasteiger partial charge is 0.387 e. The lowest BCUT2D eigenvalue weighted by molar-refractivity contribution is -0.279. The minimum absolute atomic E-state index is 0.192. The highest BCUT2D eigenvalue weighted by Crippen LogP contribution is 2.49. The van der Waals surface area contributed by atoms with E-state index in [1.807, 2.05) is 0 Å². The van der Waals surface area contributed by atoms with E-state index in [0.29, 0.717) is 0 Å². The Hall–Kier alpha value is -0.310. The summed E-state index contributed by atoms with van der Waals surface area (Å²) < 4.78 is 32.5. The highest BCUT2D eigenvalue weighted by Gasteiger charge is 2.43. The Kier molecular flexibility index (Phi) is 7.46. The van der Waals surface area contributed by atoms with Gasteiger partial charge in [0.15, 0.2) is 6.29 Å². The molecule has 0 aromatic heterocycles. The van der Waals surface area contributed by atoms with Crippen LogP contribution in [0.15, 0.2) is 11.9 Å². The molecule has 0 amide bonds. The van der Waals surface area contributed by atoms with Crippen LogP contribution >= 0.6 is 7.60 Å². The number of aliphatic hydroxyl groups is 3. The molecule has 1 fully saturated rings. The van der Waals surface area contributed by atoms with Crippen molar-refractivity contribution in [2.75, 3.05) is 20.3 Å². The predicted molar refractivity (Wildman–Crippen MR) is 73.7 cm³/mol. The molecule has 3 N–H and O–H groups in total. The molecule has 1 aliphatic rings. The van der Waals surface area contributed by atoms with E-state index < -0.39 is 38.3 Å². The predicted octanol–water partition coefficient (Wildman–Crippen LogP) is 0.220. The summed E-state index contributed by atoms with van der Waals surface area (Å²) in [7, 11) is -2.14. The van der Waals surface area contributed by atoms with E-state index in [0.717, 1.165) is 0 Å². The van der Waals surface area contributed by atoms with Crippen molar-refractivity contribution in [2.45, 2.75) is 44.6 Å². The first kappa shape index (κ1) is 18.7. The molecule has 1 saturated heterocycles. The maximum Gasteiger partial charge on any atom is 0.353 e. The molecule has 21 heavy (non-hydrogen) atoms. The first-order chi connectivity index (χ1) is 9.88. The minimum Gasteiger partial charge on any atom is -0.387 e. The fraction of sp³-hybridized carbons (Fsp3) is 0.833. The zero-order chi connectivity index (χ0) is 16.0. The molecule has 8 nitrogen and oxygen atoms in total. The van der Waals surface area contributed by atoms with Crippen LogP contribution in [0.3, 0.4) is 0 Å². The summed E-state index contributed by atoms with van der Waals surface area (Å²) in [6.45, 7) is 3.73. The summed E-state index contributed by atoms with van der Waals surface area (Å²) >= 11 is 0. The van der Waals surface area contributed by atoms with E-state index >= 15 is 0 Å². The molecular formula is C12H23O8P. The Morgan fingerprint density at radius 1 is 1.10 bits per heavy atom. The summed E-state index contributed by atoms with van der Waals surface area (Å²) in [5, 5.41) is 29.2. The van der Waals surface area contributed by atoms with Crippen molar-refractivity contribution in [3.63, 3.8) is 0 Å². The summed E-state index contributed by atoms with van der Waals surface area (Å²) in [6.07, 6.45) is -5.05. The third-order valence-corrected chi connectivity index (χ3v) is 4.69. The van der Waals surface area contributed by atoms with Crippen molar-refractivity contribution in [3.05, 3.63) is 11.9 Å². The second kappa shape index (κ2) is 8.36. The quantitative estimate of drug-likeness (QED) is 0.569. The molecule has 0 spiro atoms. The second-order valence-corrected chi connectivity index (χ2v) is 6.29. The number of hydrogen-bond donors (Lipinski definition) is 3. The standard InChI is InChI=1S/C12H23O8P/c1-4-18-21(16,19-5-2)7-6-8-9(13)10(14)11(15)12(17-3)20-8/h6-15H,4-5H2,1-3H3/b7-6+/t8-,9-,10+,11+,12+/m1/s1. The van der Waals surface area contributed by atoms with Gasteiger partial charge in [0.05, 0.1) is 13.2 Å². The molecule has 1 heterocycles. The van der Waals surface area contributed by atoms with Crippen molar-refractivity contribution in [1.29, 1.82) is 0 Å². The molecule has 5 atom stereocenters. The highest BCUT2D eigenvalue weighted by molar-refractivity contribution is 7.57. The first-order valence-corrected chi connectivity index (χ1v) is 8.30. The van der Waals surface area contributed by atoms with Gasteiger partial charge in [-0.05, 0) is 19.9 Å². The molecule has 0 unspecified atom stereocenters. The summed E-state index contributed by atoms with van der Waals surface area (Å²) in [5.41, 5.74) is 0. The van der Waals surface area contributed by atoms with Crippen LogP contribution in [0.1, 0.15) is 13.8 Å². The molecule has 0 aromatic carbocycles. The van der Waals surface area contributed by atoms with Gasteiger partial charge in [-0.15, -0.1) is 0 Å². The minimum atomic E-state index is -3.43. The molecule has 9 heteroatoms. The molecule has 124 valence electrons. The third-order valence-electron chi connectivity index (χ3n) is 2.92. The van der Waals surface area contributed by atoms with Gasteiger partial charge in [-0.2, -0.15) is 0 Å². The van der Waals surface area contributed by atoms with Gasteiger partial charge in [0.25, 0.3) is 0 Å². The second-order valence-electron chi connectivity index (χ2n) is 4.39. The van der Waals surface area contributed by atoms with E-state index in [1.165, 1.54) is 19.0 Å². The molecule has 1 aliphatic heterocycles. The SMILES string of the molecule is CCOP(=O)(/C=C/[C@H]1O[C@H](OC)[C@@H](O)[C@@H](O)[C@@H]1O)OCC. The van der Waals surface area contributed by atoms with Gasteiger partial charge in [0.1, 0.15) is 24.4 Å². The average molecular weight is 326 g/mol. The normalized spacial score (nSPS) is 34.5. The van der Waals surface area contributed by atoms with Crippen molar-refractivity contribution in [1.82, 2.24) is 0 Å². The third kappa shape index (κ3) is 4.84. The van der Waals surface area contributed by atoms with Gasteiger partial charge in [-0.1, -0.05) is 0 Å². The van der Waals surface area contributed by atoms with Crippen molar-refractivity contribution < 1.29 is 38.4 Å². The lowest BCUT2D eigenvalue weighted by Crippen LogP contribution is -2.57. The first-order valence-electron chi connectivity index (χ1n) is 6.69. The Morgan fingerprint density at radius 2 is 1.67 bits per heavy atom. The van der Waals surface area contributed by atoms with E-state index in [1.54, 1.807) is 13.8 Å². The number of ether oxygens (including phenoxy) is 2. The van der Waals surface area contributed by atoms with Crippen LogP contribution in [-0.2, 0) is 23.1 Å². The number of rotatable bonds is 7. The zero-order valence-electron chi connectivity index (χ0n) is 12.3. The van der Waals surface area contributed by atoms with Gasteiger partial charge >= 0.3 is 7.60 Å². The molecule has 0 bridgehead atoms. The van der Waals surface area contributed by atoms with Gasteiger partial charge < -0.3 is 33.8 Å². The summed E-state index contributed by atoms with van der Waals surface area (Å²) in [5.74, 6) is 1.17. The van der Waals surface area contributed by atoms with Crippen LogP contribution in [0.25, 0.3) is 0 Å². The fourth-order valence-corrected chi connectivity index (χ4v) is 3.25. The highest BCUT2D eigenvalue weighted by atomic mass is 31.2. The van der Waals surface area contributed by atoms with Crippen LogP contribution in [0.5, 0.6) is 0 Å². The van der Waals surface area contributed by atoms with Crippen LogP contribution < -0.4 is 0 Å². The summed E-state index contributed by atoms with van der Waals surface area (Å²) in [6, 6.07) is 0. The van der Waals surface area contributed by atoms with E-state index in [4.69, 9.17) is 18.5 Å². The Labute approximate surface area is 123 Å². The molecule has 0 saturated carbocycles. The Bertz CT molecular complexity index is 375. The molecular weight excluding hydrogens is 303 g/mol. The maximum absolute atomic E-state index is 12.2. The average Bonchev–Trinajstić information content (AvgIpc) is 2.45. The van der Waals surface area contributed by atoms with Gasteiger partial charge in [-0.3, -0.25) is 4.57 Å². The Balaban J connectivity index is 2.83. The van der Waals surface area contributed by atoms with Crippen LogP contribution in [-0.4, -0.2) is 66.3 Å². The van der Waals surface area contributed by atoms with Crippen LogP contribution in [0.4, 0.5) is 0 Å². The zero-order valence-corrected chi connectivity index (χ0v) is 13.2. The lowest BCUT2D eigenvalue weighted by atomic mass is 9.99. The van der Waals surface area contributed by atoms with E-state index in [-0.39, 0.29) is 13.2 Å². The number of methoxy groups -OCH3 is 1.